The molecule has 0 aliphatic heterocycles. The van der Waals surface area contributed by atoms with Gasteiger partial charge in [-0.05, 0) is 47.5 Å². The van der Waals surface area contributed by atoms with Gasteiger partial charge in [-0.25, -0.2) is 0 Å². The molecule has 0 aromatic heterocycles. The van der Waals surface area contributed by atoms with E-state index in [-0.39, 0.29) is 30.8 Å². The Hall–Kier alpha value is -3.41. The highest BCUT2D eigenvalue weighted by atomic mass is 19.4. The molecule has 0 saturated heterocycles. The van der Waals surface area contributed by atoms with Crippen LogP contribution in [0.3, 0.4) is 0 Å². The van der Waals surface area contributed by atoms with Gasteiger partial charge >= 0.3 is 6.18 Å². The van der Waals surface area contributed by atoms with Gasteiger partial charge in [-0.15, -0.1) is 0 Å². The van der Waals surface area contributed by atoms with E-state index >= 15 is 0 Å². The molecule has 0 N–H and O–H groups in total. The van der Waals surface area contributed by atoms with Crippen molar-refractivity contribution in [2.75, 3.05) is 0 Å². The first-order valence-corrected chi connectivity index (χ1v) is 9.31. The number of halogens is 3. The molecule has 0 unspecified atom stereocenters. The lowest BCUT2D eigenvalue weighted by Crippen LogP contribution is -2.12. The molecule has 3 aromatic rings. The third kappa shape index (κ3) is 6.30. The first-order valence-electron chi connectivity index (χ1n) is 9.31. The second kappa shape index (κ2) is 9.39. The predicted octanol–water partition coefficient (Wildman–Crippen LogP) is 5.81. The van der Waals surface area contributed by atoms with Gasteiger partial charge in [0.25, 0.3) is 0 Å². The van der Waals surface area contributed by atoms with Gasteiger partial charge in [0, 0.05) is 12.8 Å². The SMILES string of the molecule is O=C(CC(=O)Cc1ccc(C(F)(F)F)cc1)Cc1ccc(Oc2ccccc2)cc1. The molecule has 0 radical (unpaired) electrons. The Labute approximate surface area is 172 Å². The van der Waals surface area contributed by atoms with Crippen LogP contribution in [0.15, 0.2) is 78.9 Å². The van der Waals surface area contributed by atoms with E-state index in [1.165, 1.54) is 12.1 Å². The standard InChI is InChI=1S/C24H19F3O3/c25-24(26,27)19-10-6-17(7-11-19)14-20(28)16-21(29)15-18-8-12-23(13-9-18)30-22-4-2-1-3-5-22/h1-13H,14-16H2. The van der Waals surface area contributed by atoms with Crippen LogP contribution in [0.25, 0.3) is 0 Å². The third-order valence-electron chi connectivity index (χ3n) is 4.38. The molecule has 0 spiro atoms. The zero-order chi connectivity index (χ0) is 21.6. The summed E-state index contributed by atoms with van der Waals surface area (Å²) in [5.41, 5.74) is 0.431. The Morgan fingerprint density at radius 2 is 1.13 bits per heavy atom. The van der Waals surface area contributed by atoms with Crippen LogP contribution < -0.4 is 4.74 Å². The van der Waals surface area contributed by atoms with E-state index in [0.717, 1.165) is 17.7 Å². The fourth-order valence-corrected chi connectivity index (χ4v) is 2.91. The first-order chi connectivity index (χ1) is 14.3. The number of Topliss-reactive ketones (excluding diaryl/α,β-unsaturated/α-hetero) is 2. The molecule has 0 aliphatic carbocycles. The van der Waals surface area contributed by atoms with Crippen molar-refractivity contribution in [1.82, 2.24) is 0 Å². The van der Waals surface area contributed by atoms with Gasteiger partial charge in [0.05, 0.1) is 12.0 Å². The number of para-hydroxylation sites is 1. The summed E-state index contributed by atoms with van der Waals surface area (Å²) < 4.78 is 43.4. The van der Waals surface area contributed by atoms with E-state index in [4.69, 9.17) is 4.74 Å². The molecule has 30 heavy (non-hydrogen) atoms. The second-order valence-electron chi connectivity index (χ2n) is 6.86. The van der Waals surface area contributed by atoms with Crippen LogP contribution in [0, 0.1) is 0 Å². The number of carbonyl (C=O) groups is 2. The molecular weight excluding hydrogens is 393 g/mol. The third-order valence-corrected chi connectivity index (χ3v) is 4.38. The Balaban J connectivity index is 1.49. The summed E-state index contributed by atoms with van der Waals surface area (Å²) >= 11 is 0. The summed E-state index contributed by atoms with van der Waals surface area (Å²) in [6, 6.07) is 20.7. The second-order valence-corrected chi connectivity index (χ2v) is 6.86. The van der Waals surface area contributed by atoms with Crippen LogP contribution in [0.5, 0.6) is 11.5 Å². The molecule has 0 fully saturated rings. The van der Waals surface area contributed by atoms with E-state index in [9.17, 15) is 22.8 Å². The first kappa shape index (κ1) is 21.3. The molecule has 3 nitrogen and oxygen atoms in total. The number of carbonyl (C=O) groups excluding carboxylic acids is 2. The monoisotopic (exact) mass is 412 g/mol. The number of rotatable bonds is 8. The average Bonchev–Trinajstić information content (AvgIpc) is 2.70. The van der Waals surface area contributed by atoms with E-state index < -0.39 is 11.7 Å². The Kier molecular flexibility index (Phi) is 6.67. The smallest absolute Gasteiger partial charge is 0.416 e. The summed E-state index contributed by atoms with van der Waals surface area (Å²) in [6.07, 6.45) is -4.65. The molecule has 3 rings (SSSR count). The zero-order valence-corrected chi connectivity index (χ0v) is 16.0. The largest absolute Gasteiger partial charge is 0.457 e. The Bertz CT molecular complexity index is 993. The van der Waals surface area contributed by atoms with Crippen molar-refractivity contribution in [3.05, 3.63) is 95.6 Å². The van der Waals surface area contributed by atoms with Crippen molar-refractivity contribution in [2.45, 2.75) is 25.4 Å². The van der Waals surface area contributed by atoms with Crippen molar-refractivity contribution >= 4 is 11.6 Å². The van der Waals surface area contributed by atoms with Gasteiger partial charge in [-0.1, -0.05) is 42.5 Å². The zero-order valence-electron chi connectivity index (χ0n) is 16.0. The number of hydrogen-bond donors (Lipinski definition) is 0. The highest BCUT2D eigenvalue weighted by Crippen LogP contribution is 2.29. The number of benzene rings is 3. The van der Waals surface area contributed by atoms with Crippen LogP contribution >= 0.6 is 0 Å². The van der Waals surface area contributed by atoms with Gasteiger partial charge in [-0.2, -0.15) is 13.2 Å². The molecular formula is C24H19F3O3. The van der Waals surface area contributed by atoms with Crippen LogP contribution in [0.4, 0.5) is 13.2 Å². The number of ketones is 2. The number of ether oxygens (including phenoxy) is 1. The fourth-order valence-electron chi connectivity index (χ4n) is 2.91. The van der Waals surface area contributed by atoms with E-state index in [0.29, 0.717) is 17.1 Å². The predicted molar refractivity (Wildman–Crippen MR) is 106 cm³/mol. The van der Waals surface area contributed by atoms with Crippen molar-refractivity contribution in [2.24, 2.45) is 0 Å². The highest BCUT2D eigenvalue weighted by Gasteiger charge is 2.30. The van der Waals surface area contributed by atoms with Gasteiger partial charge in [0.2, 0.25) is 0 Å². The Morgan fingerprint density at radius 1 is 0.667 bits per heavy atom. The normalized spacial score (nSPS) is 11.2. The summed E-state index contributed by atoms with van der Waals surface area (Å²) in [4.78, 5) is 24.3. The quantitative estimate of drug-likeness (QED) is 0.439. The summed E-state index contributed by atoms with van der Waals surface area (Å²) in [7, 11) is 0. The lowest BCUT2D eigenvalue weighted by molar-refractivity contribution is -0.137. The lowest BCUT2D eigenvalue weighted by atomic mass is 10.0. The number of hydrogen-bond acceptors (Lipinski definition) is 3. The van der Waals surface area contributed by atoms with E-state index in [2.05, 4.69) is 0 Å². The summed E-state index contributed by atoms with van der Waals surface area (Å²) in [5, 5.41) is 0. The van der Waals surface area contributed by atoms with Crippen LogP contribution in [-0.2, 0) is 28.6 Å². The molecule has 0 saturated carbocycles. The minimum atomic E-state index is -4.42. The lowest BCUT2D eigenvalue weighted by Gasteiger charge is -2.08. The van der Waals surface area contributed by atoms with Gasteiger partial charge in [-0.3, -0.25) is 9.59 Å². The maximum atomic E-state index is 12.6. The van der Waals surface area contributed by atoms with E-state index in [1.807, 2.05) is 30.3 Å². The van der Waals surface area contributed by atoms with Gasteiger partial charge < -0.3 is 4.74 Å². The van der Waals surface area contributed by atoms with Crippen molar-refractivity contribution in [3.8, 4) is 11.5 Å². The molecule has 6 heteroatoms. The topological polar surface area (TPSA) is 43.4 Å². The Morgan fingerprint density at radius 3 is 1.63 bits per heavy atom. The molecule has 0 amide bonds. The maximum absolute atomic E-state index is 12.6. The maximum Gasteiger partial charge on any atom is 0.416 e. The highest BCUT2D eigenvalue weighted by molar-refractivity contribution is 6.00. The summed E-state index contributed by atoms with van der Waals surface area (Å²) in [6.45, 7) is 0. The van der Waals surface area contributed by atoms with Crippen LogP contribution in [0.1, 0.15) is 23.1 Å². The van der Waals surface area contributed by atoms with Gasteiger partial charge in [0.1, 0.15) is 23.1 Å². The molecule has 0 bridgehead atoms. The van der Waals surface area contributed by atoms with Crippen molar-refractivity contribution in [3.63, 3.8) is 0 Å². The van der Waals surface area contributed by atoms with Crippen LogP contribution in [-0.4, -0.2) is 11.6 Å². The van der Waals surface area contributed by atoms with Crippen LogP contribution in [0.2, 0.25) is 0 Å². The molecule has 154 valence electrons. The van der Waals surface area contributed by atoms with Gasteiger partial charge in [0.15, 0.2) is 0 Å². The molecule has 0 aliphatic rings. The minimum absolute atomic E-state index is 0.0757. The summed E-state index contributed by atoms with van der Waals surface area (Å²) in [5.74, 6) is 0.762. The van der Waals surface area contributed by atoms with Crippen molar-refractivity contribution < 1.29 is 27.5 Å². The fraction of sp³-hybridized carbons (Fsp3) is 0.167. The minimum Gasteiger partial charge on any atom is -0.457 e. The molecule has 0 atom stereocenters. The number of alkyl halides is 3. The van der Waals surface area contributed by atoms with E-state index in [1.54, 1.807) is 24.3 Å². The molecule has 0 heterocycles. The molecule has 3 aromatic carbocycles. The van der Waals surface area contributed by atoms with Crippen molar-refractivity contribution in [1.29, 1.82) is 0 Å². The average molecular weight is 412 g/mol.